The molecule has 0 aliphatic heterocycles. The number of hydrogen-bond donors (Lipinski definition) is 1. The highest BCUT2D eigenvalue weighted by Gasteiger charge is 2.35. The third-order valence-corrected chi connectivity index (χ3v) is 6.06. The van der Waals surface area contributed by atoms with Crippen molar-refractivity contribution in [2.24, 2.45) is 5.14 Å². The smallest absolute Gasteiger partial charge is 0.227 e. The number of sulfonamides is 1. The molecule has 0 radical (unpaired) electrons. The predicted molar refractivity (Wildman–Crippen MR) is 117 cm³/mol. The summed E-state index contributed by atoms with van der Waals surface area (Å²) < 4.78 is 65.0. The zero-order chi connectivity index (χ0) is 24.0. The Bertz CT molecular complexity index is 1570. The van der Waals surface area contributed by atoms with Gasteiger partial charge in [0.25, 0.3) is 0 Å². The van der Waals surface area contributed by atoms with Crippen molar-refractivity contribution in [3.8, 4) is 23.1 Å². The molecule has 0 spiro atoms. The van der Waals surface area contributed by atoms with Crippen LogP contribution in [0.15, 0.2) is 59.6 Å². The second-order valence-electron chi connectivity index (χ2n) is 7.10. The number of rotatable bonds is 2. The first-order valence-electron chi connectivity index (χ1n) is 9.31. The van der Waals surface area contributed by atoms with Crippen molar-refractivity contribution in [3.05, 3.63) is 82.1 Å². The first kappa shape index (κ1) is 22.8. The van der Waals surface area contributed by atoms with Crippen LogP contribution in [0.2, 0.25) is 5.02 Å². The van der Waals surface area contributed by atoms with E-state index in [4.69, 9.17) is 16.7 Å². The maximum absolute atomic E-state index is 13.8. The Hall–Kier alpha value is -3.39. The third-order valence-electron chi connectivity index (χ3n) is 4.72. The number of aryl methyl sites for hydroxylation is 1. The summed E-state index contributed by atoms with van der Waals surface area (Å²) in [5, 5.41) is 9.42. The Balaban J connectivity index is 1.88. The normalized spacial score (nSPS) is 11.9. The second-order valence-corrected chi connectivity index (χ2v) is 9.07. The maximum Gasteiger partial charge on any atom is 0.433 e. The lowest BCUT2D eigenvalue weighted by Gasteiger charge is -2.11. The highest BCUT2D eigenvalue weighted by Crippen LogP contribution is 2.33. The van der Waals surface area contributed by atoms with Gasteiger partial charge < -0.3 is 0 Å². The van der Waals surface area contributed by atoms with E-state index in [0.717, 1.165) is 6.07 Å². The second kappa shape index (κ2) is 8.19. The van der Waals surface area contributed by atoms with E-state index in [1.807, 2.05) is 0 Å². The SMILES string of the molecule is Cc1cc(-c2cc(C(F)(F)F)n3ncc(C#Cc4cccc(S(N)(=O)=O)c4)c3n2)ccc1Cl. The minimum absolute atomic E-state index is 0.0781. The highest BCUT2D eigenvalue weighted by molar-refractivity contribution is 7.89. The number of hydrogen-bond acceptors (Lipinski definition) is 4. The number of aromatic nitrogens is 3. The zero-order valence-corrected chi connectivity index (χ0v) is 18.4. The number of halogens is 4. The van der Waals surface area contributed by atoms with Gasteiger partial charge in [0.2, 0.25) is 10.0 Å². The van der Waals surface area contributed by atoms with Crippen molar-refractivity contribution in [3.63, 3.8) is 0 Å². The van der Waals surface area contributed by atoms with Crippen LogP contribution in [0.5, 0.6) is 0 Å². The fraction of sp³-hybridized carbons (Fsp3) is 0.0909. The van der Waals surface area contributed by atoms with Crippen LogP contribution in [-0.2, 0) is 16.2 Å². The molecule has 0 bridgehead atoms. The molecule has 0 amide bonds. The van der Waals surface area contributed by atoms with Gasteiger partial charge in [-0.05, 0) is 48.9 Å². The summed E-state index contributed by atoms with van der Waals surface area (Å²) in [6, 6.07) is 11.3. The molecule has 0 saturated carbocycles. The minimum atomic E-state index is -4.70. The summed E-state index contributed by atoms with van der Waals surface area (Å²) in [5.74, 6) is 5.44. The molecule has 0 aliphatic carbocycles. The molecule has 0 unspecified atom stereocenters. The Kier molecular flexibility index (Phi) is 5.66. The van der Waals surface area contributed by atoms with E-state index >= 15 is 0 Å². The summed E-state index contributed by atoms with van der Waals surface area (Å²) >= 11 is 6.04. The van der Waals surface area contributed by atoms with Crippen LogP contribution in [0.3, 0.4) is 0 Å². The van der Waals surface area contributed by atoms with E-state index < -0.39 is 21.9 Å². The van der Waals surface area contributed by atoms with Gasteiger partial charge in [0.1, 0.15) is 0 Å². The quantitative estimate of drug-likeness (QED) is 0.421. The Morgan fingerprint density at radius 2 is 1.85 bits per heavy atom. The van der Waals surface area contributed by atoms with E-state index in [9.17, 15) is 21.6 Å². The summed E-state index contributed by atoms with van der Waals surface area (Å²) in [4.78, 5) is 4.23. The molecule has 33 heavy (non-hydrogen) atoms. The van der Waals surface area contributed by atoms with Crippen molar-refractivity contribution >= 4 is 27.3 Å². The molecule has 4 aromatic rings. The van der Waals surface area contributed by atoms with Crippen LogP contribution >= 0.6 is 11.6 Å². The van der Waals surface area contributed by atoms with E-state index in [1.54, 1.807) is 31.2 Å². The van der Waals surface area contributed by atoms with Crippen molar-refractivity contribution in [2.45, 2.75) is 18.0 Å². The number of benzene rings is 2. The molecule has 0 aliphatic rings. The molecule has 4 rings (SSSR count). The fourth-order valence-corrected chi connectivity index (χ4v) is 3.77. The molecule has 6 nitrogen and oxygen atoms in total. The zero-order valence-electron chi connectivity index (χ0n) is 16.9. The molecule has 2 heterocycles. The average Bonchev–Trinajstić information content (AvgIpc) is 3.15. The Morgan fingerprint density at radius 3 is 2.52 bits per heavy atom. The summed E-state index contributed by atoms with van der Waals surface area (Å²) in [5.41, 5.74) is 0.547. The van der Waals surface area contributed by atoms with Gasteiger partial charge in [-0.15, -0.1) is 0 Å². The molecule has 0 fully saturated rings. The molecule has 168 valence electrons. The van der Waals surface area contributed by atoms with E-state index in [2.05, 4.69) is 21.9 Å². The van der Waals surface area contributed by atoms with Gasteiger partial charge in [-0.25, -0.2) is 23.1 Å². The van der Waals surface area contributed by atoms with Gasteiger partial charge in [-0.2, -0.15) is 18.3 Å². The molecule has 0 atom stereocenters. The standard InChI is InChI=1S/C22H14ClF3N4O2S/c1-13-9-15(7-8-18(13)23)19-11-20(22(24,25)26)30-21(29-19)16(12-28-30)6-5-14-3-2-4-17(10-14)33(27,31)32/h2-4,7-12H,1H3,(H2,27,31,32). The van der Waals surface area contributed by atoms with Crippen LogP contribution < -0.4 is 5.14 Å². The average molecular weight is 491 g/mol. The van der Waals surface area contributed by atoms with Crippen molar-refractivity contribution in [1.82, 2.24) is 14.6 Å². The number of alkyl halides is 3. The van der Waals surface area contributed by atoms with Crippen molar-refractivity contribution in [2.75, 3.05) is 0 Å². The van der Waals surface area contributed by atoms with Crippen molar-refractivity contribution in [1.29, 1.82) is 0 Å². The monoisotopic (exact) mass is 490 g/mol. The third kappa shape index (κ3) is 4.71. The molecular formula is C22H14ClF3N4O2S. The number of fused-ring (bicyclic) bond motifs is 1. The van der Waals surface area contributed by atoms with Gasteiger partial charge in [-0.1, -0.05) is 35.6 Å². The lowest BCUT2D eigenvalue weighted by molar-refractivity contribution is -0.142. The van der Waals surface area contributed by atoms with Crippen LogP contribution in [0.25, 0.3) is 16.9 Å². The van der Waals surface area contributed by atoms with Gasteiger partial charge >= 0.3 is 6.18 Å². The van der Waals surface area contributed by atoms with Gasteiger partial charge in [0.15, 0.2) is 11.3 Å². The number of nitrogens with two attached hydrogens (primary N) is 1. The summed E-state index contributed by atoms with van der Waals surface area (Å²) in [7, 11) is -3.93. The first-order chi connectivity index (χ1) is 15.4. The van der Waals surface area contributed by atoms with Gasteiger partial charge in [0.05, 0.1) is 22.3 Å². The first-order valence-corrected chi connectivity index (χ1v) is 11.2. The lowest BCUT2D eigenvalue weighted by Crippen LogP contribution is -2.13. The van der Waals surface area contributed by atoms with Gasteiger partial charge in [0, 0.05) is 16.1 Å². The molecule has 2 aromatic heterocycles. The molecule has 0 saturated heterocycles. The van der Waals surface area contributed by atoms with Crippen LogP contribution in [0.1, 0.15) is 22.4 Å². The molecule has 11 heteroatoms. The van der Waals surface area contributed by atoms with Gasteiger partial charge in [-0.3, -0.25) is 0 Å². The number of primary sulfonamides is 1. The topological polar surface area (TPSA) is 90.4 Å². The number of nitrogens with zero attached hydrogens (tertiary/aromatic N) is 3. The van der Waals surface area contributed by atoms with Crippen LogP contribution in [-0.4, -0.2) is 23.0 Å². The lowest BCUT2D eigenvalue weighted by atomic mass is 10.1. The van der Waals surface area contributed by atoms with Crippen molar-refractivity contribution < 1.29 is 21.6 Å². The summed E-state index contributed by atoms with van der Waals surface area (Å²) in [6.07, 6.45) is -3.52. The molecular weight excluding hydrogens is 477 g/mol. The van der Waals surface area contributed by atoms with Crippen LogP contribution in [0.4, 0.5) is 13.2 Å². The Labute approximate surface area is 191 Å². The largest absolute Gasteiger partial charge is 0.433 e. The molecule has 2 N–H and O–H groups in total. The maximum atomic E-state index is 13.8. The van der Waals surface area contributed by atoms with E-state index in [-0.39, 0.29) is 21.8 Å². The van der Waals surface area contributed by atoms with E-state index in [0.29, 0.717) is 26.2 Å². The highest BCUT2D eigenvalue weighted by atomic mass is 35.5. The summed E-state index contributed by atoms with van der Waals surface area (Å²) in [6.45, 7) is 1.74. The predicted octanol–water partition coefficient (Wildman–Crippen LogP) is 4.42. The molecule has 2 aromatic carbocycles. The Morgan fingerprint density at radius 1 is 1.09 bits per heavy atom. The minimum Gasteiger partial charge on any atom is -0.227 e. The van der Waals surface area contributed by atoms with E-state index in [1.165, 1.54) is 24.4 Å². The van der Waals surface area contributed by atoms with Crippen LogP contribution in [0, 0.1) is 18.8 Å². The fourth-order valence-electron chi connectivity index (χ4n) is 3.10.